The minimum atomic E-state index is -0.0132. The Hall–Kier alpha value is -1.37. The molecule has 0 fully saturated rings. The molecule has 0 N–H and O–H groups in total. The van der Waals surface area contributed by atoms with Gasteiger partial charge < -0.3 is 0 Å². The fraction of sp³-hybridized carbons (Fsp3) is 0.308. The summed E-state index contributed by atoms with van der Waals surface area (Å²) in [6.45, 7) is 7.81. The first-order valence-electron chi connectivity index (χ1n) is 4.95. The standard InChI is InChI=1S/C13H16O/c1-4-10(3)11-6-8-12(9-7-11)13(14)5-2/h5-10H,2,4H2,1,3H3. The highest BCUT2D eigenvalue weighted by atomic mass is 16.1. The van der Waals surface area contributed by atoms with Gasteiger partial charge in [0, 0.05) is 5.56 Å². The van der Waals surface area contributed by atoms with Crippen LogP contribution in [0.5, 0.6) is 0 Å². The fourth-order valence-corrected chi connectivity index (χ4v) is 1.33. The topological polar surface area (TPSA) is 17.1 Å². The SMILES string of the molecule is C=CC(=O)c1ccc(C(C)CC)cc1. The molecular weight excluding hydrogens is 172 g/mol. The van der Waals surface area contributed by atoms with Crippen molar-refractivity contribution in [2.75, 3.05) is 0 Å². The van der Waals surface area contributed by atoms with Crippen LogP contribution in [0, 0.1) is 0 Å². The first kappa shape index (κ1) is 10.7. The molecule has 1 aromatic rings. The molecule has 0 aliphatic carbocycles. The number of carbonyl (C=O) groups is 1. The normalized spacial score (nSPS) is 12.1. The van der Waals surface area contributed by atoms with E-state index < -0.39 is 0 Å². The van der Waals surface area contributed by atoms with Crippen molar-refractivity contribution < 1.29 is 4.79 Å². The van der Waals surface area contributed by atoms with Crippen LogP contribution in [-0.2, 0) is 0 Å². The van der Waals surface area contributed by atoms with Crippen LogP contribution in [0.2, 0.25) is 0 Å². The quantitative estimate of drug-likeness (QED) is 0.521. The number of rotatable bonds is 4. The second-order valence-electron chi connectivity index (χ2n) is 3.50. The average molecular weight is 188 g/mol. The zero-order valence-corrected chi connectivity index (χ0v) is 8.79. The van der Waals surface area contributed by atoms with Crippen molar-refractivity contribution in [3.63, 3.8) is 0 Å². The van der Waals surface area contributed by atoms with Gasteiger partial charge in [-0.2, -0.15) is 0 Å². The van der Waals surface area contributed by atoms with Crippen molar-refractivity contribution in [2.45, 2.75) is 26.2 Å². The molecule has 1 unspecified atom stereocenters. The largest absolute Gasteiger partial charge is 0.289 e. The minimum Gasteiger partial charge on any atom is -0.289 e. The van der Waals surface area contributed by atoms with Gasteiger partial charge in [0.25, 0.3) is 0 Å². The van der Waals surface area contributed by atoms with Crippen LogP contribution in [-0.4, -0.2) is 5.78 Å². The molecule has 0 radical (unpaired) electrons. The Morgan fingerprint density at radius 3 is 2.43 bits per heavy atom. The monoisotopic (exact) mass is 188 g/mol. The van der Waals surface area contributed by atoms with Crippen molar-refractivity contribution in [1.82, 2.24) is 0 Å². The molecule has 0 saturated heterocycles. The Labute approximate surface area is 85.5 Å². The van der Waals surface area contributed by atoms with Gasteiger partial charge in [-0.05, 0) is 24.0 Å². The molecular formula is C13H16O. The van der Waals surface area contributed by atoms with Crippen LogP contribution in [0.4, 0.5) is 0 Å². The second kappa shape index (κ2) is 4.75. The Morgan fingerprint density at radius 2 is 2.00 bits per heavy atom. The molecule has 1 nitrogen and oxygen atoms in total. The van der Waals surface area contributed by atoms with Gasteiger partial charge in [-0.1, -0.05) is 44.7 Å². The lowest BCUT2D eigenvalue weighted by molar-refractivity contribution is 0.104. The smallest absolute Gasteiger partial charge is 0.185 e. The second-order valence-corrected chi connectivity index (χ2v) is 3.50. The Morgan fingerprint density at radius 1 is 1.43 bits per heavy atom. The lowest BCUT2D eigenvalue weighted by Crippen LogP contribution is -1.96. The molecule has 0 aliphatic rings. The predicted octanol–water partition coefficient (Wildman–Crippen LogP) is 3.57. The van der Waals surface area contributed by atoms with Crippen molar-refractivity contribution in [2.24, 2.45) is 0 Å². The van der Waals surface area contributed by atoms with E-state index in [1.165, 1.54) is 11.6 Å². The van der Waals surface area contributed by atoms with Crippen molar-refractivity contribution >= 4 is 5.78 Å². The summed E-state index contributed by atoms with van der Waals surface area (Å²) in [7, 11) is 0. The maximum absolute atomic E-state index is 11.2. The molecule has 14 heavy (non-hydrogen) atoms. The van der Waals surface area contributed by atoms with Gasteiger partial charge in [-0.25, -0.2) is 0 Å². The summed E-state index contributed by atoms with van der Waals surface area (Å²) in [5.41, 5.74) is 2.00. The van der Waals surface area contributed by atoms with E-state index in [4.69, 9.17) is 0 Å². The summed E-state index contributed by atoms with van der Waals surface area (Å²) in [5, 5.41) is 0. The molecule has 1 aromatic carbocycles. The highest BCUT2D eigenvalue weighted by Gasteiger charge is 2.04. The molecule has 1 rings (SSSR count). The average Bonchev–Trinajstić information content (AvgIpc) is 2.27. The number of hydrogen-bond acceptors (Lipinski definition) is 1. The van der Waals surface area contributed by atoms with Crippen LogP contribution in [0.3, 0.4) is 0 Å². The zero-order chi connectivity index (χ0) is 10.6. The summed E-state index contributed by atoms with van der Waals surface area (Å²) < 4.78 is 0. The van der Waals surface area contributed by atoms with Gasteiger partial charge in [0.05, 0.1) is 0 Å². The molecule has 0 spiro atoms. The number of allylic oxidation sites excluding steroid dienone is 1. The summed E-state index contributed by atoms with van der Waals surface area (Å²) >= 11 is 0. The third-order valence-corrected chi connectivity index (χ3v) is 2.56. The molecule has 0 aromatic heterocycles. The maximum atomic E-state index is 11.2. The fourth-order valence-electron chi connectivity index (χ4n) is 1.33. The molecule has 74 valence electrons. The summed E-state index contributed by atoms with van der Waals surface area (Å²) in [5.74, 6) is 0.545. The number of carbonyl (C=O) groups excluding carboxylic acids is 1. The van der Waals surface area contributed by atoms with Crippen molar-refractivity contribution in [1.29, 1.82) is 0 Å². The van der Waals surface area contributed by atoms with E-state index in [0.717, 1.165) is 6.42 Å². The van der Waals surface area contributed by atoms with E-state index in [9.17, 15) is 4.79 Å². The van der Waals surface area contributed by atoms with E-state index in [2.05, 4.69) is 20.4 Å². The Bertz CT molecular complexity index is 322. The molecule has 0 saturated carbocycles. The van der Waals surface area contributed by atoms with Crippen LogP contribution in [0.25, 0.3) is 0 Å². The third kappa shape index (κ3) is 2.32. The van der Waals surface area contributed by atoms with Crippen LogP contribution in [0.1, 0.15) is 42.1 Å². The number of benzene rings is 1. The van der Waals surface area contributed by atoms with Gasteiger partial charge in [-0.3, -0.25) is 4.79 Å². The summed E-state index contributed by atoms with van der Waals surface area (Å²) in [6.07, 6.45) is 2.47. The lowest BCUT2D eigenvalue weighted by Gasteiger charge is -2.08. The van der Waals surface area contributed by atoms with Crippen LogP contribution < -0.4 is 0 Å². The predicted molar refractivity (Wildman–Crippen MR) is 59.7 cm³/mol. The minimum absolute atomic E-state index is 0.0132. The van der Waals surface area contributed by atoms with Crippen molar-refractivity contribution in [3.05, 3.63) is 48.0 Å². The van der Waals surface area contributed by atoms with Crippen LogP contribution in [0.15, 0.2) is 36.9 Å². The molecule has 0 bridgehead atoms. The third-order valence-electron chi connectivity index (χ3n) is 2.56. The molecule has 0 aliphatic heterocycles. The summed E-state index contributed by atoms with van der Waals surface area (Å²) in [6, 6.07) is 7.77. The number of ketones is 1. The Balaban J connectivity index is 2.88. The molecule has 1 heteroatoms. The molecule has 0 amide bonds. The van der Waals surface area contributed by atoms with Gasteiger partial charge in [-0.15, -0.1) is 0 Å². The highest BCUT2D eigenvalue weighted by molar-refractivity contribution is 6.04. The van der Waals surface area contributed by atoms with Crippen LogP contribution >= 0.6 is 0 Å². The first-order chi connectivity index (χ1) is 6.69. The van der Waals surface area contributed by atoms with E-state index in [1.807, 2.05) is 24.3 Å². The first-order valence-corrected chi connectivity index (χ1v) is 4.95. The molecule has 0 heterocycles. The van der Waals surface area contributed by atoms with E-state index in [-0.39, 0.29) is 5.78 Å². The van der Waals surface area contributed by atoms with Gasteiger partial charge in [0.1, 0.15) is 0 Å². The number of hydrogen-bond donors (Lipinski definition) is 0. The summed E-state index contributed by atoms with van der Waals surface area (Å²) in [4.78, 5) is 11.2. The van der Waals surface area contributed by atoms with Gasteiger partial charge in [0.2, 0.25) is 0 Å². The van der Waals surface area contributed by atoms with Gasteiger partial charge >= 0.3 is 0 Å². The van der Waals surface area contributed by atoms with E-state index in [1.54, 1.807) is 0 Å². The van der Waals surface area contributed by atoms with Gasteiger partial charge in [0.15, 0.2) is 5.78 Å². The Kier molecular flexibility index (Phi) is 3.63. The van der Waals surface area contributed by atoms with E-state index >= 15 is 0 Å². The van der Waals surface area contributed by atoms with E-state index in [0.29, 0.717) is 11.5 Å². The highest BCUT2D eigenvalue weighted by Crippen LogP contribution is 2.18. The lowest BCUT2D eigenvalue weighted by atomic mass is 9.97. The van der Waals surface area contributed by atoms with Crippen molar-refractivity contribution in [3.8, 4) is 0 Å². The zero-order valence-electron chi connectivity index (χ0n) is 8.79. The molecule has 1 atom stereocenters. The maximum Gasteiger partial charge on any atom is 0.185 e.